The van der Waals surface area contributed by atoms with E-state index in [2.05, 4.69) is 0 Å². The summed E-state index contributed by atoms with van der Waals surface area (Å²) in [7, 11) is -3.55. The topological polar surface area (TPSA) is 57.6 Å². The minimum absolute atomic E-state index is 0.128. The molecule has 0 aromatic heterocycles. The van der Waals surface area contributed by atoms with Crippen molar-refractivity contribution in [2.75, 3.05) is 18.5 Å². The highest BCUT2D eigenvalue weighted by Gasteiger charge is 2.46. The van der Waals surface area contributed by atoms with Gasteiger partial charge in [0.2, 0.25) is 0 Å². The van der Waals surface area contributed by atoms with Gasteiger partial charge in [0.05, 0.1) is 11.0 Å². The Bertz CT molecular complexity index is 613. The molecule has 0 radical (unpaired) electrons. The van der Waals surface area contributed by atoms with Crippen LogP contribution in [0.25, 0.3) is 0 Å². The van der Waals surface area contributed by atoms with Gasteiger partial charge in [-0.15, -0.1) is 0 Å². The maximum absolute atomic E-state index is 12.5. The summed E-state index contributed by atoms with van der Waals surface area (Å²) >= 11 is 0. The van der Waals surface area contributed by atoms with Gasteiger partial charge in [0.15, 0.2) is 0 Å². The van der Waals surface area contributed by atoms with E-state index in [0.717, 1.165) is 31.4 Å². The highest BCUT2D eigenvalue weighted by molar-refractivity contribution is 7.92. The number of aliphatic hydroxyl groups is 1. The van der Waals surface area contributed by atoms with E-state index in [0.29, 0.717) is 12.2 Å². The Morgan fingerprint density at radius 2 is 1.82 bits per heavy atom. The minimum atomic E-state index is -5.31. The van der Waals surface area contributed by atoms with Crippen LogP contribution < -0.4 is 4.90 Å². The fraction of sp³-hybridized carbons (Fsp3) is 0.571. The number of halogens is 3. The molecule has 1 N–H and O–H groups in total. The van der Waals surface area contributed by atoms with Gasteiger partial charge in [0.1, 0.15) is 0 Å². The maximum atomic E-state index is 12.5. The van der Waals surface area contributed by atoms with Crippen LogP contribution in [0.1, 0.15) is 19.3 Å². The van der Waals surface area contributed by atoms with Crippen LogP contribution in [-0.2, 0) is 9.84 Å². The van der Waals surface area contributed by atoms with Gasteiger partial charge in [-0.1, -0.05) is 6.42 Å². The molecule has 4 nitrogen and oxygen atoms in total. The molecule has 1 aromatic rings. The van der Waals surface area contributed by atoms with E-state index in [4.69, 9.17) is 0 Å². The molecule has 2 atom stereocenters. The molecule has 0 bridgehead atoms. The van der Waals surface area contributed by atoms with Crippen molar-refractivity contribution in [2.24, 2.45) is 5.92 Å². The van der Waals surface area contributed by atoms with Crippen molar-refractivity contribution in [1.82, 2.24) is 0 Å². The third-order valence-electron chi connectivity index (χ3n) is 4.02. The molecule has 0 saturated heterocycles. The zero-order chi connectivity index (χ0) is 16.5. The van der Waals surface area contributed by atoms with E-state index in [-0.39, 0.29) is 12.0 Å². The summed E-state index contributed by atoms with van der Waals surface area (Å²) in [6.07, 6.45) is 2.28. The maximum Gasteiger partial charge on any atom is 0.501 e. The molecular weight excluding hydrogens is 319 g/mol. The van der Waals surface area contributed by atoms with Crippen LogP contribution in [-0.4, -0.2) is 38.7 Å². The molecule has 0 aliphatic heterocycles. The van der Waals surface area contributed by atoms with Crippen molar-refractivity contribution in [2.45, 2.75) is 35.8 Å². The second-order valence-corrected chi connectivity index (χ2v) is 7.52. The van der Waals surface area contributed by atoms with Gasteiger partial charge >= 0.3 is 5.51 Å². The molecule has 1 aromatic carbocycles. The molecular formula is C14H18F3NO3S. The van der Waals surface area contributed by atoms with Crippen LogP contribution in [0.3, 0.4) is 0 Å². The van der Waals surface area contributed by atoms with Gasteiger partial charge in [-0.3, -0.25) is 0 Å². The van der Waals surface area contributed by atoms with Crippen LogP contribution >= 0.6 is 0 Å². The minimum Gasteiger partial charge on any atom is -0.393 e. The lowest BCUT2D eigenvalue weighted by atomic mass is 10.1. The lowest BCUT2D eigenvalue weighted by Crippen LogP contribution is -2.29. The standard InChI is InChI=1S/C14H18F3NO3S/c1-18(9-10-3-2-4-13(10)19)11-5-7-12(8-6-11)22(20,21)14(15,16)17/h5-8,10,13,19H,2-4,9H2,1H3/t10-,13-/m0/s1. The molecule has 124 valence electrons. The lowest BCUT2D eigenvalue weighted by molar-refractivity contribution is -0.0436. The SMILES string of the molecule is CN(C[C@@H]1CCC[C@@H]1O)c1ccc(S(=O)(=O)C(F)(F)F)cc1. The predicted molar refractivity (Wildman–Crippen MR) is 76.3 cm³/mol. The second-order valence-electron chi connectivity index (χ2n) is 5.58. The number of nitrogens with zero attached hydrogens (tertiary/aromatic N) is 1. The van der Waals surface area contributed by atoms with Crippen LogP contribution in [0.4, 0.5) is 18.9 Å². The zero-order valence-electron chi connectivity index (χ0n) is 12.0. The van der Waals surface area contributed by atoms with Gasteiger partial charge < -0.3 is 10.0 Å². The Kier molecular flexibility index (Phi) is 4.72. The van der Waals surface area contributed by atoms with Gasteiger partial charge in [-0.25, -0.2) is 8.42 Å². The highest BCUT2D eigenvalue weighted by atomic mass is 32.2. The van der Waals surface area contributed by atoms with E-state index in [9.17, 15) is 26.7 Å². The molecule has 1 fully saturated rings. The fourth-order valence-corrected chi connectivity index (χ4v) is 3.46. The van der Waals surface area contributed by atoms with E-state index >= 15 is 0 Å². The third kappa shape index (κ3) is 3.38. The average molecular weight is 337 g/mol. The summed E-state index contributed by atoms with van der Waals surface area (Å²) < 4.78 is 60.0. The van der Waals surface area contributed by atoms with Gasteiger partial charge in [-0.05, 0) is 37.1 Å². The summed E-state index contributed by atoms with van der Waals surface area (Å²) in [5.74, 6) is 0.128. The first-order chi connectivity index (χ1) is 10.1. The molecule has 22 heavy (non-hydrogen) atoms. The predicted octanol–water partition coefficient (Wildman–Crippen LogP) is 2.58. The summed E-state index contributed by atoms with van der Waals surface area (Å²) in [5.41, 5.74) is -4.69. The number of anilines is 1. The first-order valence-electron chi connectivity index (χ1n) is 6.93. The monoisotopic (exact) mass is 337 g/mol. The fourth-order valence-electron chi connectivity index (χ4n) is 2.70. The van der Waals surface area contributed by atoms with Gasteiger partial charge in [0.25, 0.3) is 9.84 Å². The quantitative estimate of drug-likeness (QED) is 0.917. The second kappa shape index (κ2) is 6.08. The van der Waals surface area contributed by atoms with E-state index < -0.39 is 20.2 Å². The van der Waals surface area contributed by atoms with Crippen LogP contribution in [0.15, 0.2) is 29.2 Å². The van der Waals surface area contributed by atoms with Crippen LogP contribution in [0.2, 0.25) is 0 Å². The molecule has 2 rings (SSSR count). The normalized spacial score (nSPS) is 22.8. The first kappa shape index (κ1) is 17.1. The van der Waals surface area contributed by atoms with Gasteiger partial charge in [-0.2, -0.15) is 13.2 Å². The number of hydrogen-bond acceptors (Lipinski definition) is 4. The average Bonchev–Trinajstić information content (AvgIpc) is 2.83. The summed E-state index contributed by atoms with van der Waals surface area (Å²) in [6, 6.07) is 4.61. The Morgan fingerprint density at radius 3 is 2.27 bits per heavy atom. The number of aliphatic hydroxyl groups excluding tert-OH is 1. The molecule has 0 heterocycles. The van der Waals surface area contributed by atoms with Crippen molar-refractivity contribution in [3.63, 3.8) is 0 Å². The molecule has 8 heteroatoms. The largest absolute Gasteiger partial charge is 0.501 e. The third-order valence-corrected chi connectivity index (χ3v) is 5.52. The van der Waals surface area contributed by atoms with Crippen molar-refractivity contribution >= 4 is 15.5 Å². The van der Waals surface area contributed by atoms with Crippen molar-refractivity contribution in [3.05, 3.63) is 24.3 Å². The number of sulfone groups is 1. The summed E-state index contributed by atoms with van der Waals surface area (Å²) in [6.45, 7) is 0.576. The summed E-state index contributed by atoms with van der Waals surface area (Å²) in [4.78, 5) is 1.04. The van der Waals surface area contributed by atoms with Gasteiger partial charge in [0, 0.05) is 25.2 Å². The number of benzene rings is 1. The van der Waals surface area contributed by atoms with Crippen molar-refractivity contribution in [1.29, 1.82) is 0 Å². The zero-order valence-corrected chi connectivity index (χ0v) is 12.9. The first-order valence-corrected chi connectivity index (χ1v) is 8.42. The molecule has 1 saturated carbocycles. The van der Waals surface area contributed by atoms with E-state index in [1.807, 2.05) is 4.90 Å². The lowest BCUT2D eigenvalue weighted by Gasteiger charge is -2.25. The Hall–Kier alpha value is -1.28. The number of hydrogen-bond donors (Lipinski definition) is 1. The highest BCUT2D eigenvalue weighted by Crippen LogP contribution is 2.32. The van der Waals surface area contributed by atoms with Crippen molar-refractivity contribution < 1.29 is 26.7 Å². The molecule has 1 aliphatic rings. The van der Waals surface area contributed by atoms with Crippen molar-refractivity contribution in [3.8, 4) is 0 Å². The number of rotatable bonds is 4. The van der Waals surface area contributed by atoms with Crippen LogP contribution in [0.5, 0.6) is 0 Å². The van der Waals surface area contributed by atoms with E-state index in [1.54, 1.807) is 7.05 Å². The van der Waals surface area contributed by atoms with E-state index in [1.165, 1.54) is 12.1 Å². The number of alkyl halides is 3. The Labute approximate surface area is 127 Å². The Balaban J connectivity index is 2.12. The smallest absolute Gasteiger partial charge is 0.393 e. The Morgan fingerprint density at radius 1 is 1.23 bits per heavy atom. The molecule has 1 aliphatic carbocycles. The van der Waals surface area contributed by atoms with Crippen LogP contribution in [0, 0.1) is 5.92 Å². The molecule has 0 amide bonds. The summed E-state index contributed by atoms with van der Waals surface area (Å²) in [5, 5.41) is 9.79. The molecule has 0 spiro atoms. The molecule has 0 unspecified atom stereocenters.